The van der Waals surface area contributed by atoms with Crippen LogP contribution in [-0.2, 0) is 6.54 Å². The number of nitrogens with one attached hydrogen (secondary N) is 1. The van der Waals surface area contributed by atoms with Gasteiger partial charge in [0.25, 0.3) is 5.69 Å². The summed E-state index contributed by atoms with van der Waals surface area (Å²) in [6.45, 7) is 1.51. The molecule has 1 heterocycles. The molecular weight excluding hydrogens is 328 g/mol. The van der Waals surface area contributed by atoms with Gasteiger partial charge in [-0.2, -0.15) is 11.8 Å². The Kier molecular flexibility index (Phi) is 5.66. The summed E-state index contributed by atoms with van der Waals surface area (Å²) in [5.41, 5.74) is 0.930. The SMILES string of the molecule is O=[N+]([O-])c1cc(Br)ccc1CNCC1CCSCC1. The summed E-state index contributed by atoms with van der Waals surface area (Å²) in [5, 5.41) is 14.4. The standard InChI is InChI=1S/C13H17BrN2O2S/c14-12-2-1-11(13(7-12)16(17)18)9-15-8-10-3-5-19-6-4-10/h1-2,7,10,15H,3-6,8-9H2. The maximum atomic E-state index is 11.0. The van der Waals surface area contributed by atoms with E-state index in [0.29, 0.717) is 6.54 Å². The summed E-state index contributed by atoms with van der Waals surface area (Å²) in [7, 11) is 0. The smallest absolute Gasteiger partial charge is 0.275 e. The summed E-state index contributed by atoms with van der Waals surface area (Å²) < 4.78 is 0.743. The molecule has 1 aliphatic rings. The molecule has 0 aromatic heterocycles. The van der Waals surface area contributed by atoms with E-state index in [1.165, 1.54) is 24.3 Å². The molecule has 4 nitrogen and oxygen atoms in total. The highest BCUT2D eigenvalue weighted by molar-refractivity contribution is 9.10. The van der Waals surface area contributed by atoms with Crippen LogP contribution in [0, 0.1) is 16.0 Å². The number of thioether (sulfide) groups is 1. The quantitative estimate of drug-likeness (QED) is 0.655. The lowest BCUT2D eigenvalue weighted by Crippen LogP contribution is -2.25. The first-order valence-electron chi connectivity index (χ1n) is 6.38. The first-order valence-corrected chi connectivity index (χ1v) is 8.33. The Hall–Kier alpha value is -0.590. The van der Waals surface area contributed by atoms with Crippen molar-refractivity contribution in [3.8, 4) is 0 Å². The first-order chi connectivity index (χ1) is 9.16. The highest BCUT2D eigenvalue weighted by Crippen LogP contribution is 2.24. The van der Waals surface area contributed by atoms with Crippen LogP contribution < -0.4 is 5.32 Å². The molecule has 0 saturated carbocycles. The Balaban J connectivity index is 1.89. The second-order valence-corrected chi connectivity index (χ2v) is 6.86. The molecule has 1 aliphatic heterocycles. The lowest BCUT2D eigenvalue weighted by molar-refractivity contribution is -0.385. The minimum atomic E-state index is -0.320. The summed E-state index contributed by atoms with van der Waals surface area (Å²) >= 11 is 5.28. The number of hydrogen-bond acceptors (Lipinski definition) is 4. The molecule has 1 aromatic carbocycles. The molecule has 6 heteroatoms. The van der Waals surface area contributed by atoms with Crippen molar-refractivity contribution in [2.45, 2.75) is 19.4 Å². The van der Waals surface area contributed by atoms with Crippen LogP contribution in [0.2, 0.25) is 0 Å². The van der Waals surface area contributed by atoms with Crippen LogP contribution in [0.5, 0.6) is 0 Å². The van der Waals surface area contributed by atoms with Gasteiger partial charge >= 0.3 is 0 Å². The van der Waals surface area contributed by atoms with Crippen molar-refractivity contribution < 1.29 is 4.92 Å². The molecule has 104 valence electrons. The summed E-state index contributed by atoms with van der Waals surface area (Å²) in [6, 6.07) is 5.22. The van der Waals surface area contributed by atoms with Crippen LogP contribution in [0.3, 0.4) is 0 Å². The molecule has 1 saturated heterocycles. The van der Waals surface area contributed by atoms with Gasteiger partial charge in [0.2, 0.25) is 0 Å². The van der Waals surface area contributed by atoms with E-state index < -0.39 is 0 Å². The van der Waals surface area contributed by atoms with Crippen LogP contribution >= 0.6 is 27.7 Å². The van der Waals surface area contributed by atoms with Crippen molar-refractivity contribution in [1.29, 1.82) is 0 Å². The predicted octanol–water partition coefficient (Wildman–Crippen LogP) is 3.59. The van der Waals surface area contributed by atoms with Gasteiger partial charge in [0.1, 0.15) is 0 Å². The number of nitrogens with zero attached hydrogens (tertiary/aromatic N) is 1. The molecule has 0 atom stereocenters. The zero-order chi connectivity index (χ0) is 13.7. The zero-order valence-corrected chi connectivity index (χ0v) is 13.0. The van der Waals surface area contributed by atoms with E-state index in [4.69, 9.17) is 0 Å². The lowest BCUT2D eigenvalue weighted by Gasteiger charge is -2.21. The third-order valence-corrected chi connectivity index (χ3v) is 4.88. The third kappa shape index (κ3) is 4.47. The largest absolute Gasteiger partial charge is 0.312 e. The number of rotatable bonds is 5. The number of benzene rings is 1. The second-order valence-electron chi connectivity index (χ2n) is 4.72. The van der Waals surface area contributed by atoms with Crippen LogP contribution in [0.1, 0.15) is 18.4 Å². The minimum absolute atomic E-state index is 0.182. The average molecular weight is 345 g/mol. The Bertz CT molecular complexity index is 450. The summed E-state index contributed by atoms with van der Waals surface area (Å²) in [6.07, 6.45) is 2.50. The third-order valence-electron chi connectivity index (χ3n) is 3.33. The van der Waals surface area contributed by atoms with Crippen molar-refractivity contribution in [3.05, 3.63) is 38.3 Å². The molecule has 0 amide bonds. The summed E-state index contributed by atoms with van der Waals surface area (Å²) in [4.78, 5) is 10.7. The molecule has 1 aromatic rings. The van der Waals surface area contributed by atoms with E-state index in [-0.39, 0.29) is 10.6 Å². The highest BCUT2D eigenvalue weighted by Gasteiger charge is 2.16. The highest BCUT2D eigenvalue weighted by atomic mass is 79.9. The van der Waals surface area contributed by atoms with Crippen molar-refractivity contribution in [2.24, 2.45) is 5.92 Å². The summed E-state index contributed by atoms with van der Waals surface area (Å²) in [5.74, 6) is 3.20. The van der Waals surface area contributed by atoms with E-state index in [2.05, 4.69) is 21.2 Å². The molecule has 0 aliphatic carbocycles. The van der Waals surface area contributed by atoms with Gasteiger partial charge in [-0.05, 0) is 48.9 Å². The number of hydrogen-bond donors (Lipinski definition) is 1. The van der Waals surface area contributed by atoms with E-state index in [9.17, 15) is 10.1 Å². The lowest BCUT2D eigenvalue weighted by atomic mass is 10.0. The second kappa shape index (κ2) is 7.26. The molecule has 1 N–H and O–H groups in total. The van der Waals surface area contributed by atoms with Gasteiger partial charge in [0.15, 0.2) is 0 Å². The monoisotopic (exact) mass is 344 g/mol. The Morgan fingerprint density at radius 1 is 1.42 bits per heavy atom. The topological polar surface area (TPSA) is 55.2 Å². The van der Waals surface area contributed by atoms with E-state index in [0.717, 1.165) is 22.5 Å². The van der Waals surface area contributed by atoms with Crippen LogP contribution in [0.4, 0.5) is 5.69 Å². The van der Waals surface area contributed by atoms with Crippen molar-refractivity contribution in [3.63, 3.8) is 0 Å². The van der Waals surface area contributed by atoms with Crippen LogP contribution in [0.15, 0.2) is 22.7 Å². The van der Waals surface area contributed by atoms with Crippen LogP contribution in [0.25, 0.3) is 0 Å². The normalized spacial score (nSPS) is 16.5. The van der Waals surface area contributed by atoms with Crippen molar-refractivity contribution in [2.75, 3.05) is 18.1 Å². The average Bonchev–Trinajstić information content (AvgIpc) is 2.41. The zero-order valence-electron chi connectivity index (χ0n) is 10.6. The molecule has 0 unspecified atom stereocenters. The first kappa shape index (κ1) is 14.8. The maximum Gasteiger partial charge on any atom is 0.275 e. The molecule has 0 bridgehead atoms. The Labute approximate surface area is 125 Å². The van der Waals surface area contributed by atoms with Gasteiger partial charge < -0.3 is 5.32 Å². The maximum absolute atomic E-state index is 11.0. The fourth-order valence-electron chi connectivity index (χ4n) is 2.22. The van der Waals surface area contributed by atoms with Gasteiger partial charge in [-0.1, -0.05) is 15.9 Å². The Morgan fingerprint density at radius 3 is 2.84 bits per heavy atom. The van der Waals surface area contributed by atoms with E-state index in [1.807, 2.05) is 23.9 Å². The van der Waals surface area contributed by atoms with Crippen LogP contribution in [-0.4, -0.2) is 23.0 Å². The number of halogens is 1. The molecular formula is C13H17BrN2O2S. The predicted molar refractivity (Wildman–Crippen MR) is 82.6 cm³/mol. The van der Waals surface area contributed by atoms with Gasteiger partial charge in [-0.25, -0.2) is 0 Å². The molecule has 2 rings (SSSR count). The van der Waals surface area contributed by atoms with Gasteiger partial charge in [0.05, 0.1) is 4.92 Å². The van der Waals surface area contributed by atoms with E-state index >= 15 is 0 Å². The molecule has 0 radical (unpaired) electrons. The molecule has 19 heavy (non-hydrogen) atoms. The molecule has 1 fully saturated rings. The Morgan fingerprint density at radius 2 is 2.16 bits per heavy atom. The molecule has 0 spiro atoms. The van der Waals surface area contributed by atoms with Crippen molar-refractivity contribution in [1.82, 2.24) is 5.32 Å². The number of nitro benzene ring substituents is 1. The van der Waals surface area contributed by atoms with Gasteiger partial charge in [-0.3, -0.25) is 10.1 Å². The number of nitro groups is 1. The minimum Gasteiger partial charge on any atom is -0.312 e. The fourth-order valence-corrected chi connectivity index (χ4v) is 3.77. The van der Waals surface area contributed by atoms with E-state index in [1.54, 1.807) is 6.07 Å². The van der Waals surface area contributed by atoms with Gasteiger partial charge in [0, 0.05) is 22.6 Å². The van der Waals surface area contributed by atoms with Gasteiger partial charge in [-0.15, -0.1) is 0 Å². The van der Waals surface area contributed by atoms with Crippen molar-refractivity contribution >= 4 is 33.4 Å². The fraction of sp³-hybridized carbons (Fsp3) is 0.538.